The second-order valence-electron chi connectivity index (χ2n) is 3.70. The summed E-state index contributed by atoms with van der Waals surface area (Å²) in [7, 11) is 1.62. The summed E-state index contributed by atoms with van der Waals surface area (Å²) in [5.74, 6) is -0.302. The molecule has 0 saturated carbocycles. The lowest BCUT2D eigenvalue weighted by atomic mass is 10.2. The molecule has 1 aromatic heterocycles. The van der Waals surface area contributed by atoms with Crippen molar-refractivity contribution >= 4 is 23.2 Å². The lowest BCUT2D eigenvalue weighted by Gasteiger charge is -2.06. The molecule has 0 radical (unpaired) electrons. The number of ether oxygens (including phenoxy) is 1. The highest BCUT2D eigenvalue weighted by atomic mass is 35.5. The summed E-state index contributed by atoms with van der Waals surface area (Å²) in [5, 5.41) is 2.83. The lowest BCUT2D eigenvalue weighted by Crippen LogP contribution is -2.11. The lowest BCUT2D eigenvalue weighted by molar-refractivity contribution is 0.102. The van der Waals surface area contributed by atoms with Crippen LogP contribution in [-0.4, -0.2) is 13.0 Å². The average Bonchev–Trinajstić information content (AvgIpc) is 2.76. The van der Waals surface area contributed by atoms with Crippen LogP contribution >= 0.6 is 11.6 Å². The average molecular weight is 266 g/mol. The topological polar surface area (TPSA) is 51.5 Å². The van der Waals surface area contributed by atoms with E-state index in [1.165, 1.54) is 12.3 Å². The molecule has 0 aliphatic heterocycles. The van der Waals surface area contributed by atoms with E-state index >= 15 is 0 Å². The van der Waals surface area contributed by atoms with Gasteiger partial charge in [-0.2, -0.15) is 0 Å². The Morgan fingerprint density at radius 3 is 2.94 bits per heavy atom. The van der Waals surface area contributed by atoms with Crippen molar-refractivity contribution in [3.8, 4) is 0 Å². The molecule has 2 aromatic rings. The molecule has 1 amide bonds. The first-order valence-corrected chi connectivity index (χ1v) is 5.70. The molecule has 4 nitrogen and oxygen atoms in total. The van der Waals surface area contributed by atoms with Gasteiger partial charge in [0.15, 0.2) is 0 Å². The summed E-state index contributed by atoms with van der Waals surface area (Å²) in [4.78, 5) is 11.9. The van der Waals surface area contributed by atoms with Gasteiger partial charge in [-0.25, -0.2) is 0 Å². The number of rotatable bonds is 4. The fraction of sp³-hybridized carbons (Fsp3) is 0.154. The highest BCUT2D eigenvalue weighted by Gasteiger charge is 2.13. The monoisotopic (exact) mass is 265 g/mol. The third-order valence-corrected chi connectivity index (χ3v) is 2.65. The Hall–Kier alpha value is -1.78. The van der Waals surface area contributed by atoms with E-state index in [-0.39, 0.29) is 11.1 Å². The number of furan rings is 1. The number of anilines is 1. The summed E-state index contributed by atoms with van der Waals surface area (Å²) in [6, 6.07) is 8.93. The molecule has 1 N–H and O–H groups in total. The standard InChI is InChI=1S/C13H12ClNO3/c1-17-8-9-3-2-4-10(7-9)15-13(16)11-5-6-18-12(11)14/h2-7H,8H2,1H3,(H,15,16). The van der Waals surface area contributed by atoms with Crippen LogP contribution in [0.3, 0.4) is 0 Å². The van der Waals surface area contributed by atoms with Gasteiger partial charge in [0.1, 0.15) is 0 Å². The number of carbonyl (C=O) groups is 1. The van der Waals surface area contributed by atoms with E-state index in [9.17, 15) is 4.79 Å². The molecular formula is C13H12ClNO3. The van der Waals surface area contributed by atoms with Crippen LogP contribution in [0.2, 0.25) is 5.22 Å². The van der Waals surface area contributed by atoms with Crippen LogP contribution in [0.15, 0.2) is 41.0 Å². The number of nitrogens with one attached hydrogen (secondary N) is 1. The maximum absolute atomic E-state index is 11.9. The van der Waals surface area contributed by atoms with Crippen molar-refractivity contribution in [2.24, 2.45) is 0 Å². The van der Waals surface area contributed by atoms with Gasteiger partial charge < -0.3 is 14.5 Å². The number of halogens is 1. The molecule has 0 bridgehead atoms. The second-order valence-corrected chi connectivity index (χ2v) is 4.04. The number of benzene rings is 1. The summed E-state index contributed by atoms with van der Waals surface area (Å²) < 4.78 is 9.90. The molecule has 94 valence electrons. The number of amides is 1. The van der Waals surface area contributed by atoms with E-state index in [1.807, 2.05) is 18.2 Å². The van der Waals surface area contributed by atoms with Crippen LogP contribution in [0.25, 0.3) is 0 Å². The molecule has 0 atom stereocenters. The predicted molar refractivity (Wildman–Crippen MR) is 68.8 cm³/mol. The summed E-state index contributed by atoms with van der Waals surface area (Å²) in [6.45, 7) is 0.496. The number of carbonyl (C=O) groups excluding carboxylic acids is 1. The fourth-order valence-electron chi connectivity index (χ4n) is 1.56. The zero-order chi connectivity index (χ0) is 13.0. The van der Waals surface area contributed by atoms with E-state index < -0.39 is 0 Å². The first kappa shape index (κ1) is 12.7. The minimum atomic E-state index is -0.302. The summed E-state index contributed by atoms with van der Waals surface area (Å²) in [5.41, 5.74) is 1.98. The van der Waals surface area contributed by atoms with Crippen LogP contribution in [0.5, 0.6) is 0 Å². The van der Waals surface area contributed by atoms with Crippen LogP contribution in [-0.2, 0) is 11.3 Å². The largest absolute Gasteiger partial charge is 0.452 e. The molecule has 0 spiro atoms. The van der Waals surface area contributed by atoms with Crippen molar-refractivity contribution in [1.29, 1.82) is 0 Å². The van der Waals surface area contributed by atoms with E-state index in [0.717, 1.165) is 5.56 Å². The molecule has 0 aliphatic carbocycles. The zero-order valence-electron chi connectivity index (χ0n) is 9.77. The smallest absolute Gasteiger partial charge is 0.260 e. The second kappa shape index (κ2) is 5.71. The zero-order valence-corrected chi connectivity index (χ0v) is 10.5. The van der Waals surface area contributed by atoms with Crippen molar-refractivity contribution < 1.29 is 13.9 Å². The van der Waals surface area contributed by atoms with Crippen LogP contribution in [0.1, 0.15) is 15.9 Å². The third-order valence-electron chi connectivity index (χ3n) is 2.36. The van der Waals surface area contributed by atoms with Crippen molar-refractivity contribution in [3.05, 3.63) is 52.9 Å². The number of methoxy groups -OCH3 is 1. The highest BCUT2D eigenvalue weighted by Crippen LogP contribution is 2.19. The number of hydrogen-bond donors (Lipinski definition) is 1. The van der Waals surface area contributed by atoms with E-state index in [1.54, 1.807) is 13.2 Å². The Morgan fingerprint density at radius 2 is 2.28 bits per heavy atom. The molecule has 0 fully saturated rings. The van der Waals surface area contributed by atoms with Gasteiger partial charge in [0.2, 0.25) is 5.22 Å². The third kappa shape index (κ3) is 2.91. The van der Waals surface area contributed by atoms with Crippen molar-refractivity contribution in [1.82, 2.24) is 0 Å². The highest BCUT2D eigenvalue weighted by molar-refractivity contribution is 6.32. The molecule has 0 saturated heterocycles. The van der Waals surface area contributed by atoms with Crippen LogP contribution in [0.4, 0.5) is 5.69 Å². The summed E-state index contributed by atoms with van der Waals surface area (Å²) >= 11 is 5.73. The van der Waals surface area contributed by atoms with Crippen molar-refractivity contribution in [2.45, 2.75) is 6.61 Å². The first-order chi connectivity index (χ1) is 8.70. The Kier molecular flexibility index (Phi) is 4.02. The van der Waals surface area contributed by atoms with Crippen LogP contribution < -0.4 is 5.32 Å². The maximum atomic E-state index is 11.9. The Balaban J connectivity index is 2.12. The Morgan fingerprint density at radius 1 is 1.44 bits per heavy atom. The quantitative estimate of drug-likeness (QED) is 0.922. The molecule has 2 rings (SSSR count). The minimum Gasteiger partial charge on any atom is -0.452 e. The SMILES string of the molecule is COCc1cccc(NC(=O)c2ccoc2Cl)c1. The van der Waals surface area contributed by atoms with Gasteiger partial charge in [0.25, 0.3) is 5.91 Å². The van der Waals surface area contributed by atoms with E-state index in [4.69, 9.17) is 20.8 Å². The minimum absolute atomic E-state index is 0.0838. The molecule has 1 aromatic carbocycles. The van der Waals surface area contributed by atoms with Gasteiger partial charge >= 0.3 is 0 Å². The van der Waals surface area contributed by atoms with Gasteiger partial charge in [-0.15, -0.1) is 0 Å². The Bertz CT molecular complexity index is 551. The van der Waals surface area contributed by atoms with E-state index in [0.29, 0.717) is 17.9 Å². The molecule has 1 heterocycles. The van der Waals surface area contributed by atoms with Gasteiger partial charge in [0.05, 0.1) is 18.4 Å². The van der Waals surface area contributed by atoms with Gasteiger partial charge in [-0.1, -0.05) is 12.1 Å². The van der Waals surface area contributed by atoms with Gasteiger partial charge in [0, 0.05) is 12.8 Å². The number of hydrogen-bond acceptors (Lipinski definition) is 3. The predicted octanol–water partition coefficient (Wildman–Crippen LogP) is 3.33. The normalized spacial score (nSPS) is 10.3. The first-order valence-electron chi connectivity index (χ1n) is 5.33. The van der Waals surface area contributed by atoms with Crippen LogP contribution in [0, 0.1) is 0 Å². The summed E-state index contributed by atoms with van der Waals surface area (Å²) in [6.07, 6.45) is 1.37. The van der Waals surface area contributed by atoms with Crippen molar-refractivity contribution in [2.75, 3.05) is 12.4 Å². The van der Waals surface area contributed by atoms with Gasteiger partial charge in [-0.05, 0) is 35.4 Å². The molecular weight excluding hydrogens is 254 g/mol. The van der Waals surface area contributed by atoms with Crippen molar-refractivity contribution in [3.63, 3.8) is 0 Å². The molecule has 0 unspecified atom stereocenters. The Labute approximate surface area is 110 Å². The maximum Gasteiger partial charge on any atom is 0.260 e. The van der Waals surface area contributed by atoms with E-state index in [2.05, 4.69) is 5.32 Å². The van der Waals surface area contributed by atoms with Gasteiger partial charge in [-0.3, -0.25) is 4.79 Å². The fourth-order valence-corrected chi connectivity index (χ4v) is 1.76. The molecule has 18 heavy (non-hydrogen) atoms. The molecule has 0 aliphatic rings. The molecule has 5 heteroatoms.